The summed E-state index contributed by atoms with van der Waals surface area (Å²) < 4.78 is 31.9. The molecule has 0 atom stereocenters. The molecule has 98 valence electrons. The number of nitrogens with zero attached hydrogens (tertiary/aromatic N) is 4. The average Bonchev–Trinajstić information content (AvgIpc) is 2.94. The number of anilines is 2. The number of hydrogen-bond donors (Lipinski definition) is 2. The predicted octanol–water partition coefficient (Wildman–Crippen LogP) is 0.569. The van der Waals surface area contributed by atoms with Gasteiger partial charge >= 0.3 is 0 Å². The Morgan fingerprint density at radius 2 is 2.21 bits per heavy atom. The molecule has 3 rings (SSSR count). The summed E-state index contributed by atoms with van der Waals surface area (Å²) in [6.07, 6.45) is 2.90. The first kappa shape index (κ1) is 11.9. The van der Waals surface area contributed by atoms with Crippen LogP contribution in [0.15, 0.2) is 35.6 Å². The highest BCUT2D eigenvalue weighted by atomic mass is 32.2. The van der Waals surface area contributed by atoms with Crippen LogP contribution in [0.25, 0.3) is 5.65 Å². The second-order valence-electron chi connectivity index (χ2n) is 3.62. The van der Waals surface area contributed by atoms with Gasteiger partial charge in [-0.25, -0.2) is 4.98 Å². The Hall–Kier alpha value is -2.20. The van der Waals surface area contributed by atoms with Crippen molar-refractivity contribution in [3.8, 4) is 0 Å². The van der Waals surface area contributed by atoms with Crippen molar-refractivity contribution < 1.29 is 8.42 Å². The molecule has 0 aliphatic carbocycles. The molecule has 0 aliphatic rings. The van der Waals surface area contributed by atoms with Crippen molar-refractivity contribution >= 4 is 38.0 Å². The summed E-state index contributed by atoms with van der Waals surface area (Å²) in [5, 5.41) is 3.77. The van der Waals surface area contributed by atoms with Crippen LogP contribution in [-0.2, 0) is 10.0 Å². The molecule has 0 spiro atoms. The summed E-state index contributed by atoms with van der Waals surface area (Å²) in [6, 6.07) is 5.11. The van der Waals surface area contributed by atoms with Crippen LogP contribution in [0.3, 0.4) is 0 Å². The van der Waals surface area contributed by atoms with Crippen LogP contribution < -0.4 is 10.5 Å². The van der Waals surface area contributed by atoms with E-state index in [4.69, 9.17) is 5.73 Å². The maximum Gasteiger partial charge on any atom is 0.282 e. The van der Waals surface area contributed by atoms with E-state index in [1.165, 1.54) is 10.6 Å². The van der Waals surface area contributed by atoms with Gasteiger partial charge in [0.1, 0.15) is 10.6 Å². The van der Waals surface area contributed by atoms with Crippen LogP contribution in [0.5, 0.6) is 0 Å². The summed E-state index contributed by atoms with van der Waals surface area (Å²) >= 11 is 0.936. The van der Waals surface area contributed by atoms with Gasteiger partial charge in [0.15, 0.2) is 5.82 Å². The SMILES string of the molecule is Nc1nc2ccccn2c1S(=O)(=O)Nc1cnns1. The molecule has 3 N–H and O–H groups in total. The van der Waals surface area contributed by atoms with E-state index in [2.05, 4.69) is 19.3 Å². The quantitative estimate of drug-likeness (QED) is 0.730. The molecule has 0 aliphatic heterocycles. The number of nitrogens with two attached hydrogens (primary N) is 1. The van der Waals surface area contributed by atoms with E-state index in [-0.39, 0.29) is 10.8 Å². The molecule has 0 saturated heterocycles. The minimum Gasteiger partial charge on any atom is -0.381 e. The molecule has 3 heterocycles. The van der Waals surface area contributed by atoms with Crippen molar-refractivity contribution in [2.75, 3.05) is 10.5 Å². The van der Waals surface area contributed by atoms with Crippen LogP contribution in [0.2, 0.25) is 0 Å². The second kappa shape index (κ2) is 4.17. The van der Waals surface area contributed by atoms with E-state index in [1.807, 2.05) is 0 Å². The van der Waals surface area contributed by atoms with Gasteiger partial charge in [0.25, 0.3) is 10.0 Å². The Balaban J connectivity index is 2.15. The maximum atomic E-state index is 12.3. The van der Waals surface area contributed by atoms with Crippen molar-refractivity contribution in [3.63, 3.8) is 0 Å². The smallest absolute Gasteiger partial charge is 0.282 e. The first-order valence-electron chi connectivity index (χ1n) is 5.11. The van der Waals surface area contributed by atoms with Gasteiger partial charge in [-0.1, -0.05) is 10.6 Å². The summed E-state index contributed by atoms with van der Waals surface area (Å²) in [6.45, 7) is 0. The van der Waals surface area contributed by atoms with Crippen LogP contribution in [0.4, 0.5) is 10.8 Å². The molecule has 10 heteroatoms. The first-order valence-corrected chi connectivity index (χ1v) is 7.36. The van der Waals surface area contributed by atoms with Crippen molar-refractivity contribution in [2.24, 2.45) is 0 Å². The molecule has 3 aromatic heterocycles. The van der Waals surface area contributed by atoms with Gasteiger partial charge in [-0.05, 0) is 12.1 Å². The third-order valence-electron chi connectivity index (χ3n) is 2.36. The number of pyridine rings is 1. The Kier molecular flexibility index (Phi) is 2.61. The molecule has 0 radical (unpaired) electrons. The minimum absolute atomic E-state index is 0.0591. The van der Waals surface area contributed by atoms with E-state index in [9.17, 15) is 8.42 Å². The predicted molar refractivity (Wildman–Crippen MR) is 70.3 cm³/mol. The second-order valence-corrected chi connectivity index (χ2v) is 6.00. The fourth-order valence-corrected chi connectivity index (χ4v) is 3.55. The summed E-state index contributed by atoms with van der Waals surface area (Å²) in [5.74, 6) is -0.0591. The highest BCUT2D eigenvalue weighted by Crippen LogP contribution is 2.23. The number of nitrogen functional groups attached to an aromatic ring is 1. The lowest BCUT2D eigenvalue weighted by atomic mass is 10.5. The molecule has 0 aromatic carbocycles. The van der Waals surface area contributed by atoms with Gasteiger partial charge < -0.3 is 5.73 Å². The molecule has 0 bridgehead atoms. The standard InChI is InChI=1S/C9H8N6O2S2/c10-8-9(15-4-2-1-3-6(15)12-8)19(16,17)13-7-5-11-14-18-7/h1-5,13H,10H2. The van der Waals surface area contributed by atoms with Gasteiger partial charge in [0, 0.05) is 17.7 Å². The molecular formula is C9H8N6O2S2. The summed E-state index contributed by atoms with van der Waals surface area (Å²) in [7, 11) is -3.84. The third-order valence-corrected chi connectivity index (χ3v) is 4.47. The lowest BCUT2D eigenvalue weighted by Crippen LogP contribution is -2.16. The number of aromatic nitrogens is 4. The van der Waals surface area contributed by atoms with Gasteiger partial charge in [-0.3, -0.25) is 9.12 Å². The molecular weight excluding hydrogens is 288 g/mol. The Morgan fingerprint density at radius 3 is 2.95 bits per heavy atom. The van der Waals surface area contributed by atoms with E-state index in [1.54, 1.807) is 24.4 Å². The molecule has 19 heavy (non-hydrogen) atoms. The lowest BCUT2D eigenvalue weighted by molar-refractivity contribution is 0.597. The molecule has 0 fully saturated rings. The van der Waals surface area contributed by atoms with Gasteiger partial charge in [-0.2, -0.15) is 8.42 Å². The number of rotatable bonds is 3. The fourth-order valence-electron chi connectivity index (χ4n) is 1.65. The monoisotopic (exact) mass is 296 g/mol. The minimum atomic E-state index is -3.84. The Morgan fingerprint density at radius 1 is 1.37 bits per heavy atom. The largest absolute Gasteiger partial charge is 0.381 e. The zero-order valence-corrected chi connectivity index (χ0v) is 11.0. The maximum absolute atomic E-state index is 12.3. The summed E-state index contributed by atoms with van der Waals surface area (Å²) in [5.41, 5.74) is 6.15. The normalized spacial score (nSPS) is 11.8. The molecule has 0 unspecified atom stereocenters. The molecule has 3 aromatic rings. The van der Waals surface area contributed by atoms with Crippen molar-refractivity contribution in [1.29, 1.82) is 0 Å². The van der Waals surface area contributed by atoms with Gasteiger partial charge in [-0.15, -0.1) is 5.10 Å². The van der Waals surface area contributed by atoms with E-state index in [0.29, 0.717) is 10.6 Å². The lowest BCUT2D eigenvalue weighted by Gasteiger charge is -2.05. The average molecular weight is 296 g/mol. The van der Waals surface area contributed by atoms with Crippen molar-refractivity contribution in [2.45, 2.75) is 5.03 Å². The Labute approximate surface area is 112 Å². The highest BCUT2D eigenvalue weighted by Gasteiger charge is 2.24. The van der Waals surface area contributed by atoms with Crippen LogP contribution in [-0.4, -0.2) is 27.4 Å². The van der Waals surface area contributed by atoms with Crippen LogP contribution >= 0.6 is 11.5 Å². The highest BCUT2D eigenvalue weighted by molar-refractivity contribution is 7.93. The van der Waals surface area contributed by atoms with Gasteiger partial charge in [0.2, 0.25) is 5.03 Å². The fraction of sp³-hybridized carbons (Fsp3) is 0. The first-order chi connectivity index (χ1) is 9.08. The molecule has 8 nitrogen and oxygen atoms in total. The zero-order valence-electron chi connectivity index (χ0n) is 9.39. The van der Waals surface area contributed by atoms with E-state index < -0.39 is 10.0 Å². The van der Waals surface area contributed by atoms with Crippen LogP contribution in [0, 0.1) is 0 Å². The van der Waals surface area contributed by atoms with E-state index in [0.717, 1.165) is 11.5 Å². The zero-order chi connectivity index (χ0) is 13.5. The Bertz CT molecular complexity index is 824. The van der Waals surface area contributed by atoms with Crippen molar-refractivity contribution in [3.05, 3.63) is 30.6 Å². The third kappa shape index (κ3) is 2.00. The van der Waals surface area contributed by atoms with E-state index >= 15 is 0 Å². The topological polar surface area (TPSA) is 115 Å². The number of nitrogens with one attached hydrogen (secondary N) is 1. The number of sulfonamides is 1. The van der Waals surface area contributed by atoms with Crippen molar-refractivity contribution in [1.82, 2.24) is 19.0 Å². The van der Waals surface area contributed by atoms with Gasteiger partial charge in [0.05, 0.1) is 6.20 Å². The molecule has 0 saturated carbocycles. The molecule has 0 amide bonds. The number of fused-ring (bicyclic) bond motifs is 1. The number of imidazole rings is 1. The number of hydrogen-bond acceptors (Lipinski definition) is 7. The van der Waals surface area contributed by atoms with Crippen LogP contribution in [0.1, 0.15) is 0 Å². The summed E-state index contributed by atoms with van der Waals surface area (Å²) in [4.78, 5) is 4.00.